The van der Waals surface area contributed by atoms with Gasteiger partial charge in [0.15, 0.2) is 11.5 Å². The van der Waals surface area contributed by atoms with Crippen LogP contribution in [0.2, 0.25) is 0 Å². The summed E-state index contributed by atoms with van der Waals surface area (Å²) in [7, 11) is 0. The molecule has 5 rings (SSSR count). The lowest BCUT2D eigenvalue weighted by atomic mass is 9.89. The third kappa shape index (κ3) is 3.06. The normalized spacial score (nSPS) is 16.8. The molecule has 3 aromatic rings. The third-order valence-corrected chi connectivity index (χ3v) is 5.86. The largest absolute Gasteiger partial charge is 0.454 e. The molecular weight excluding hydrogens is 350 g/mol. The minimum atomic E-state index is 0.317. The van der Waals surface area contributed by atoms with E-state index in [0.29, 0.717) is 12.7 Å². The first-order valence-corrected chi connectivity index (χ1v) is 10.0. The van der Waals surface area contributed by atoms with Crippen molar-refractivity contribution in [3.63, 3.8) is 0 Å². The Kier molecular flexibility index (Phi) is 4.53. The quantitative estimate of drug-likeness (QED) is 0.725. The number of hydrogen-bond acceptors (Lipinski definition) is 4. The number of fused-ring (bicyclic) bond motifs is 2. The van der Waals surface area contributed by atoms with E-state index in [4.69, 9.17) is 14.6 Å². The highest BCUT2D eigenvalue weighted by atomic mass is 16.7. The van der Waals surface area contributed by atoms with E-state index in [0.717, 1.165) is 44.0 Å². The molecule has 0 fully saturated rings. The van der Waals surface area contributed by atoms with Gasteiger partial charge in [-0.05, 0) is 18.1 Å². The van der Waals surface area contributed by atoms with Crippen LogP contribution in [0.15, 0.2) is 48.5 Å². The Morgan fingerprint density at radius 1 is 1.11 bits per heavy atom. The molecule has 3 heterocycles. The molecule has 0 saturated carbocycles. The summed E-state index contributed by atoms with van der Waals surface area (Å²) in [5.74, 6) is 2.09. The van der Waals surface area contributed by atoms with E-state index in [-0.39, 0.29) is 0 Å². The smallest absolute Gasteiger partial charge is 0.231 e. The SMILES string of the molecule is CCC(c1ccccc1)c1n[nH]c2c1CN(Cc1cccc3c1OCO3)CC2. The lowest BCUT2D eigenvalue weighted by Gasteiger charge is -2.28. The van der Waals surface area contributed by atoms with E-state index in [9.17, 15) is 0 Å². The van der Waals surface area contributed by atoms with E-state index in [1.807, 2.05) is 12.1 Å². The summed E-state index contributed by atoms with van der Waals surface area (Å²) in [6.45, 7) is 5.34. The Morgan fingerprint density at radius 3 is 2.86 bits per heavy atom. The van der Waals surface area contributed by atoms with Gasteiger partial charge in [0, 0.05) is 48.8 Å². The van der Waals surface area contributed by atoms with Crippen LogP contribution in [0.1, 0.15) is 47.3 Å². The van der Waals surface area contributed by atoms with Gasteiger partial charge in [-0.2, -0.15) is 5.10 Å². The highest BCUT2D eigenvalue weighted by Crippen LogP contribution is 2.37. The summed E-state index contributed by atoms with van der Waals surface area (Å²) in [6, 6.07) is 16.9. The zero-order chi connectivity index (χ0) is 18.9. The van der Waals surface area contributed by atoms with Crippen molar-refractivity contribution in [3.05, 3.63) is 76.6 Å². The molecule has 0 saturated heterocycles. The van der Waals surface area contributed by atoms with Crippen molar-refractivity contribution >= 4 is 0 Å². The van der Waals surface area contributed by atoms with Gasteiger partial charge in [0.2, 0.25) is 6.79 Å². The zero-order valence-electron chi connectivity index (χ0n) is 16.1. The summed E-state index contributed by atoms with van der Waals surface area (Å²) >= 11 is 0. The number of benzene rings is 2. The highest BCUT2D eigenvalue weighted by Gasteiger charge is 2.27. The highest BCUT2D eigenvalue weighted by molar-refractivity contribution is 5.48. The van der Waals surface area contributed by atoms with Crippen LogP contribution < -0.4 is 9.47 Å². The zero-order valence-corrected chi connectivity index (χ0v) is 16.1. The number of ether oxygens (including phenoxy) is 2. The number of hydrogen-bond donors (Lipinski definition) is 1. The summed E-state index contributed by atoms with van der Waals surface area (Å²) in [6.07, 6.45) is 2.04. The van der Waals surface area contributed by atoms with Crippen LogP contribution in [0.25, 0.3) is 0 Å². The monoisotopic (exact) mass is 375 g/mol. The first kappa shape index (κ1) is 17.3. The van der Waals surface area contributed by atoms with Crippen LogP contribution in [-0.2, 0) is 19.5 Å². The van der Waals surface area contributed by atoms with E-state index >= 15 is 0 Å². The molecule has 0 spiro atoms. The molecule has 0 amide bonds. The van der Waals surface area contributed by atoms with E-state index < -0.39 is 0 Å². The van der Waals surface area contributed by atoms with Crippen molar-refractivity contribution in [2.45, 2.75) is 38.8 Å². The fourth-order valence-electron chi connectivity index (χ4n) is 4.42. The Hall–Kier alpha value is -2.79. The van der Waals surface area contributed by atoms with Crippen LogP contribution >= 0.6 is 0 Å². The second-order valence-corrected chi connectivity index (χ2v) is 7.55. The van der Waals surface area contributed by atoms with Crippen molar-refractivity contribution in [1.29, 1.82) is 0 Å². The van der Waals surface area contributed by atoms with Crippen LogP contribution in [0, 0.1) is 0 Å². The molecule has 0 bridgehead atoms. The van der Waals surface area contributed by atoms with Gasteiger partial charge >= 0.3 is 0 Å². The van der Waals surface area contributed by atoms with Crippen molar-refractivity contribution in [3.8, 4) is 11.5 Å². The maximum absolute atomic E-state index is 5.70. The number of rotatable bonds is 5. The Bertz CT molecular complexity index is 967. The maximum Gasteiger partial charge on any atom is 0.231 e. The molecule has 5 heteroatoms. The first-order chi connectivity index (χ1) is 13.8. The van der Waals surface area contributed by atoms with Crippen LogP contribution in [-0.4, -0.2) is 28.4 Å². The van der Waals surface area contributed by atoms with Gasteiger partial charge < -0.3 is 9.47 Å². The van der Waals surface area contributed by atoms with Gasteiger partial charge in [0.25, 0.3) is 0 Å². The summed E-state index contributed by atoms with van der Waals surface area (Å²) in [5, 5.41) is 8.06. The van der Waals surface area contributed by atoms with Crippen LogP contribution in [0.4, 0.5) is 0 Å². The minimum Gasteiger partial charge on any atom is -0.454 e. The van der Waals surface area contributed by atoms with Gasteiger partial charge in [-0.25, -0.2) is 0 Å². The number of aromatic amines is 1. The fourth-order valence-corrected chi connectivity index (χ4v) is 4.42. The molecule has 28 heavy (non-hydrogen) atoms. The van der Waals surface area contributed by atoms with Gasteiger partial charge in [-0.1, -0.05) is 49.4 Å². The summed E-state index contributed by atoms with van der Waals surface area (Å²) in [4.78, 5) is 2.48. The Morgan fingerprint density at radius 2 is 2.00 bits per heavy atom. The van der Waals surface area contributed by atoms with Crippen molar-refractivity contribution in [2.24, 2.45) is 0 Å². The van der Waals surface area contributed by atoms with Gasteiger partial charge in [-0.3, -0.25) is 10.00 Å². The third-order valence-electron chi connectivity index (χ3n) is 5.86. The molecule has 5 nitrogen and oxygen atoms in total. The lowest BCUT2D eigenvalue weighted by Crippen LogP contribution is -2.30. The lowest BCUT2D eigenvalue weighted by molar-refractivity contribution is 0.171. The van der Waals surface area contributed by atoms with Crippen molar-refractivity contribution in [2.75, 3.05) is 13.3 Å². The molecule has 1 N–H and O–H groups in total. The summed E-state index contributed by atoms with van der Waals surface area (Å²) < 4.78 is 11.2. The fraction of sp³-hybridized carbons (Fsp3) is 0.348. The van der Waals surface area contributed by atoms with E-state index in [2.05, 4.69) is 53.3 Å². The predicted molar refractivity (Wildman–Crippen MR) is 108 cm³/mol. The summed E-state index contributed by atoms with van der Waals surface area (Å²) in [5.41, 5.74) is 6.39. The number of H-pyrrole nitrogens is 1. The molecule has 0 aliphatic carbocycles. The average molecular weight is 375 g/mol. The molecule has 144 valence electrons. The minimum absolute atomic E-state index is 0.317. The average Bonchev–Trinajstić information content (AvgIpc) is 3.37. The molecule has 1 aromatic heterocycles. The van der Waals surface area contributed by atoms with E-state index in [1.54, 1.807) is 0 Å². The van der Waals surface area contributed by atoms with E-state index in [1.165, 1.54) is 28.1 Å². The molecule has 2 aromatic carbocycles. The molecule has 1 unspecified atom stereocenters. The number of nitrogens with zero attached hydrogens (tertiary/aromatic N) is 2. The second-order valence-electron chi connectivity index (χ2n) is 7.55. The van der Waals surface area contributed by atoms with Crippen molar-refractivity contribution in [1.82, 2.24) is 15.1 Å². The van der Waals surface area contributed by atoms with Crippen LogP contribution in [0.5, 0.6) is 11.5 Å². The van der Waals surface area contributed by atoms with Gasteiger partial charge in [0.1, 0.15) is 0 Å². The molecule has 2 aliphatic rings. The number of aromatic nitrogens is 2. The maximum atomic E-state index is 5.70. The standard InChI is InChI=1S/C23H25N3O2/c1-2-18(16-7-4-3-5-8-16)22-19-14-26(12-11-20(19)24-25-22)13-17-9-6-10-21-23(17)28-15-27-21/h3-10,18H,2,11-15H2,1H3,(H,24,25). The number of para-hydroxylation sites is 1. The topological polar surface area (TPSA) is 50.4 Å². The van der Waals surface area contributed by atoms with Crippen LogP contribution in [0.3, 0.4) is 0 Å². The Labute approximate surface area is 165 Å². The number of nitrogens with one attached hydrogen (secondary N) is 1. The molecule has 2 aliphatic heterocycles. The molecule has 1 atom stereocenters. The predicted octanol–water partition coefficient (Wildman–Crippen LogP) is 4.24. The first-order valence-electron chi connectivity index (χ1n) is 10.0. The Balaban J connectivity index is 1.40. The second kappa shape index (κ2) is 7.32. The van der Waals surface area contributed by atoms with Crippen molar-refractivity contribution < 1.29 is 9.47 Å². The molecular formula is C23H25N3O2. The van der Waals surface area contributed by atoms with Gasteiger partial charge in [0.05, 0.1) is 5.69 Å². The molecule has 0 radical (unpaired) electrons. The van der Waals surface area contributed by atoms with Gasteiger partial charge in [-0.15, -0.1) is 0 Å².